The lowest BCUT2D eigenvalue weighted by Crippen LogP contribution is -2.31. The highest BCUT2D eigenvalue weighted by Crippen LogP contribution is 2.18. The highest BCUT2D eigenvalue weighted by atomic mass is 32.2. The molecule has 11 heteroatoms. The summed E-state index contributed by atoms with van der Waals surface area (Å²) in [6, 6.07) is 8.47. The first kappa shape index (κ1) is 24.6. The molecular weight excluding hydrogens is 464 g/mol. The van der Waals surface area contributed by atoms with Crippen LogP contribution in [0.4, 0.5) is 5.13 Å². The Balaban J connectivity index is 1.47. The van der Waals surface area contributed by atoms with Crippen LogP contribution in [-0.2, 0) is 33.5 Å². The van der Waals surface area contributed by atoms with Crippen molar-refractivity contribution < 1.29 is 22.4 Å². The number of carbonyl (C=O) groups excluding carboxylic acids is 2. The van der Waals surface area contributed by atoms with Gasteiger partial charge in [0.1, 0.15) is 5.76 Å². The molecule has 1 aromatic carbocycles. The molecule has 2 aromatic heterocycles. The van der Waals surface area contributed by atoms with Crippen molar-refractivity contribution in [3.8, 4) is 0 Å². The topological polar surface area (TPSA) is 130 Å². The van der Waals surface area contributed by atoms with Crippen LogP contribution in [-0.4, -0.2) is 31.3 Å². The van der Waals surface area contributed by atoms with E-state index < -0.39 is 10.0 Å². The number of carbonyl (C=O) groups is 2. The van der Waals surface area contributed by atoms with E-state index in [0.717, 1.165) is 5.56 Å². The molecule has 2 amide bonds. The van der Waals surface area contributed by atoms with Crippen LogP contribution in [0.15, 0.2) is 46.4 Å². The SMILES string of the molecule is Cc1occc1C(=O)Nc1nc(CC(=O)NCc2ccc(CS(=O)(=O)NC(C)C)cc2)cs1. The minimum absolute atomic E-state index is 0.0777. The van der Waals surface area contributed by atoms with Crippen molar-refractivity contribution in [3.05, 3.63) is 70.1 Å². The van der Waals surface area contributed by atoms with Gasteiger partial charge in [0.05, 0.1) is 29.7 Å². The molecule has 2 heterocycles. The standard InChI is InChI=1S/C22H26N4O5S2/c1-14(2)26-33(29,30)13-17-6-4-16(5-7-17)11-23-20(27)10-18-12-32-22(24-18)25-21(28)19-8-9-31-15(19)3/h4-9,12,14,26H,10-11,13H2,1-3H3,(H,23,27)(H,24,25,28). The van der Waals surface area contributed by atoms with Gasteiger partial charge < -0.3 is 9.73 Å². The van der Waals surface area contributed by atoms with E-state index in [1.54, 1.807) is 56.5 Å². The monoisotopic (exact) mass is 490 g/mol. The molecule has 33 heavy (non-hydrogen) atoms. The second kappa shape index (κ2) is 10.7. The maximum absolute atomic E-state index is 12.3. The molecule has 0 aliphatic rings. The Hall–Kier alpha value is -3.02. The van der Waals surface area contributed by atoms with Crippen LogP contribution in [0.25, 0.3) is 0 Å². The molecule has 0 unspecified atom stereocenters. The van der Waals surface area contributed by atoms with Gasteiger partial charge in [-0.3, -0.25) is 14.9 Å². The molecule has 176 valence electrons. The molecule has 0 aliphatic carbocycles. The maximum atomic E-state index is 12.3. The van der Waals surface area contributed by atoms with Crippen molar-refractivity contribution in [2.45, 2.75) is 45.5 Å². The Morgan fingerprint density at radius 2 is 1.82 bits per heavy atom. The van der Waals surface area contributed by atoms with E-state index in [9.17, 15) is 18.0 Å². The number of amides is 2. The molecule has 0 fully saturated rings. The molecule has 0 spiro atoms. The van der Waals surface area contributed by atoms with E-state index in [1.165, 1.54) is 17.6 Å². The number of hydrogen-bond donors (Lipinski definition) is 3. The van der Waals surface area contributed by atoms with Gasteiger partial charge in [-0.2, -0.15) is 0 Å². The summed E-state index contributed by atoms with van der Waals surface area (Å²) < 4.78 is 31.7. The van der Waals surface area contributed by atoms with Gasteiger partial charge in [-0.1, -0.05) is 24.3 Å². The zero-order valence-corrected chi connectivity index (χ0v) is 20.2. The quantitative estimate of drug-likeness (QED) is 0.401. The number of furan rings is 1. The molecule has 3 N–H and O–H groups in total. The Morgan fingerprint density at radius 3 is 2.45 bits per heavy atom. The molecular formula is C22H26N4O5S2. The van der Waals surface area contributed by atoms with Crippen molar-refractivity contribution in [1.82, 2.24) is 15.0 Å². The third-order valence-electron chi connectivity index (χ3n) is 4.50. The lowest BCUT2D eigenvalue weighted by atomic mass is 10.1. The largest absolute Gasteiger partial charge is 0.469 e. The highest BCUT2D eigenvalue weighted by Gasteiger charge is 2.15. The lowest BCUT2D eigenvalue weighted by Gasteiger charge is -2.10. The minimum Gasteiger partial charge on any atom is -0.469 e. The fraction of sp³-hybridized carbons (Fsp3) is 0.318. The van der Waals surface area contributed by atoms with Crippen LogP contribution in [0, 0.1) is 6.92 Å². The molecule has 0 saturated carbocycles. The normalized spacial score (nSPS) is 11.5. The summed E-state index contributed by atoms with van der Waals surface area (Å²) in [5.74, 6) is -0.106. The third kappa shape index (κ3) is 7.52. The Bertz CT molecular complexity index is 1210. The van der Waals surface area contributed by atoms with Crippen molar-refractivity contribution in [1.29, 1.82) is 0 Å². The number of benzene rings is 1. The molecule has 0 saturated heterocycles. The first-order valence-electron chi connectivity index (χ1n) is 10.3. The molecule has 0 radical (unpaired) electrons. The summed E-state index contributed by atoms with van der Waals surface area (Å²) in [5.41, 5.74) is 2.50. The number of sulfonamides is 1. The minimum atomic E-state index is -3.38. The zero-order valence-electron chi connectivity index (χ0n) is 18.5. The van der Waals surface area contributed by atoms with Gasteiger partial charge >= 0.3 is 0 Å². The first-order chi connectivity index (χ1) is 15.6. The smallest absolute Gasteiger partial charge is 0.260 e. The van der Waals surface area contributed by atoms with E-state index >= 15 is 0 Å². The Kier molecular flexibility index (Phi) is 8.01. The predicted octanol–water partition coefficient (Wildman–Crippen LogP) is 2.98. The van der Waals surface area contributed by atoms with Crippen molar-refractivity contribution in [2.75, 3.05) is 5.32 Å². The van der Waals surface area contributed by atoms with E-state index in [-0.39, 0.29) is 30.0 Å². The lowest BCUT2D eigenvalue weighted by molar-refractivity contribution is -0.120. The third-order valence-corrected chi connectivity index (χ3v) is 6.85. The van der Waals surface area contributed by atoms with E-state index in [2.05, 4.69) is 20.3 Å². The molecule has 0 aliphatic heterocycles. The summed E-state index contributed by atoms with van der Waals surface area (Å²) in [5, 5.41) is 7.64. The van der Waals surface area contributed by atoms with Crippen LogP contribution in [0.5, 0.6) is 0 Å². The Labute approximate surface area is 196 Å². The molecule has 9 nitrogen and oxygen atoms in total. The summed E-state index contributed by atoms with van der Waals surface area (Å²) in [6.45, 7) is 5.55. The van der Waals surface area contributed by atoms with E-state index in [0.29, 0.717) is 34.3 Å². The summed E-state index contributed by atoms with van der Waals surface area (Å²) >= 11 is 1.24. The number of thiazole rings is 1. The maximum Gasteiger partial charge on any atom is 0.260 e. The van der Waals surface area contributed by atoms with Gasteiger partial charge in [-0.05, 0) is 38.0 Å². The van der Waals surface area contributed by atoms with Crippen LogP contribution in [0.2, 0.25) is 0 Å². The fourth-order valence-electron chi connectivity index (χ4n) is 3.03. The van der Waals surface area contributed by atoms with E-state index in [1.807, 2.05) is 0 Å². The number of hydrogen-bond acceptors (Lipinski definition) is 7. The Morgan fingerprint density at radius 1 is 1.12 bits per heavy atom. The van der Waals surface area contributed by atoms with Crippen LogP contribution in [0.1, 0.15) is 46.8 Å². The number of nitrogens with zero attached hydrogens (tertiary/aromatic N) is 1. The zero-order chi connectivity index (χ0) is 24.0. The van der Waals surface area contributed by atoms with Gasteiger partial charge in [0, 0.05) is 18.0 Å². The average Bonchev–Trinajstić information content (AvgIpc) is 3.34. The summed E-state index contributed by atoms with van der Waals surface area (Å²) in [4.78, 5) is 28.8. The van der Waals surface area contributed by atoms with Crippen LogP contribution >= 0.6 is 11.3 Å². The van der Waals surface area contributed by atoms with Gasteiger partial charge in [0.15, 0.2) is 5.13 Å². The van der Waals surface area contributed by atoms with Crippen LogP contribution in [0.3, 0.4) is 0 Å². The summed E-state index contributed by atoms with van der Waals surface area (Å²) in [7, 11) is -3.38. The number of anilines is 1. The molecule has 3 aromatic rings. The fourth-order valence-corrected chi connectivity index (χ4v) is 5.17. The van der Waals surface area contributed by atoms with E-state index in [4.69, 9.17) is 4.42 Å². The first-order valence-corrected chi connectivity index (χ1v) is 12.8. The predicted molar refractivity (Wildman–Crippen MR) is 126 cm³/mol. The second-order valence-electron chi connectivity index (χ2n) is 7.79. The molecule has 0 atom stereocenters. The van der Waals surface area contributed by atoms with Crippen molar-refractivity contribution in [2.24, 2.45) is 0 Å². The van der Waals surface area contributed by atoms with Gasteiger partial charge in [-0.25, -0.2) is 18.1 Å². The second-order valence-corrected chi connectivity index (χ2v) is 10.4. The van der Waals surface area contributed by atoms with Gasteiger partial charge in [-0.15, -0.1) is 11.3 Å². The average molecular weight is 491 g/mol. The molecule has 3 rings (SSSR count). The highest BCUT2D eigenvalue weighted by molar-refractivity contribution is 7.88. The molecule has 0 bridgehead atoms. The van der Waals surface area contributed by atoms with Gasteiger partial charge in [0.25, 0.3) is 5.91 Å². The summed E-state index contributed by atoms with van der Waals surface area (Å²) in [6.07, 6.45) is 1.52. The van der Waals surface area contributed by atoms with Gasteiger partial charge in [0.2, 0.25) is 15.9 Å². The number of rotatable bonds is 10. The van der Waals surface area contributed by atoms with Crippen molar-refractivity contribution >= 4 is 38.3 Å². The van der Waals surface area contributed by atoms with Crippen LogP contribution < -0.4 is 15.4 Å². The number of nitrogens with one attached hydrogen (secondary N) is 3. The van der Waals surface area contributed by atoms with Crippen molar-refractivity contribution in [3.63, 3.8) is 0 Å². The number of aryl methyl sites for hydroxylation is 1. The number of aromatic nitrogens is 1.